The first-order valence-corrected chi connectivity index (χ1v) is 6.53. The van der Waals surface area contributed by atoms with Crippen molar-refractivity contribution in [3.63, 3.8) is 0 Å². The monoisotopic (exact) mass is 255 g/mol. The number of hydrogen-bond donors (Lipinski definition) is 1. The predicted octanol–water partition coefficient (Wildman–Crippen LogP) is 0.439. The Morgan fingerprint density at radius 1 is 1.33 bits per heavy atom. The van der Waals surface area contributed by atoms with Crippen LogP contribution in [0, 0.1) is 5.92 Å². The van der Waals surface area contributed by atoms with E-state index in [2.05, 4.69) is 0 Å². The normalized spacial score (nSPS) is 24.1. The molecule has 1 fully saturated rings. The van der Waals surface area contributed by atoms with Gasteiger partial charge in [0.2, 0.25) is 11.8 Å². The highest BCUT2D eigenvalue weighted by Crippen LogP contribution is 2.19. The number of carbonyl (C=O) groups excluding carboxylic acids is 2. The van der Waals surface area contributed by atoms with E-state index in [4.69, 9.17) is 5.73 Å². The van der Waals surface area contributed by atoms with E-state index < -0.39 is 5.54 Å². The van der Waals surface area contributed by atoms with E-state index in [1.807, 2.05) is 20.8 Å². The van der Waals surface area contributed by atoms with Crippen LogP contribution in [-0.2, 0) is 9.59 Å². The summed E-state index contributed by atoms with van der Waals surface area (Å²) < 4.78 is 0. The number of carbonyl (C=O) groups is 2. The second kappa shape index (κ2) is 5.26. The lowest BCUT2D eigenvalue weighted by atomic mass is 9.88. The van der Waals surface area contributed by atoms with Crippen molar-refractivity contribution in [1.29, 1.82) is 0 Å². The van der Waals surface area contributed by atoms with E-state index in [1.165, 1.54) is 0 Å². The smallest absolute Gasteiger partial charge is 0.242 e. The molecule has 0 radical (unpaired) electrons. The average molecular weight is 255 g/mol. The van der Waals surface area contributed by atoms with E-state index in [1.54, 1.807) is 23.6 Å². The Morgan fingerprint density at radius 3 is 2.28 bits per heavy atom. The van der Waals surface area contributed by atoms with Crippen LogP contribution in [0.2, 0.25) is 0 Å². The lowest BCUT2D eigenvalue weighted by molar-refractivity contribution is -0.145. The molecular formula is C13H25N3O2. The first-order chi connectivity index (χ1) is 8.17. The zero-order chi connectivity index (χ0) is 14.1. The molecule has 5 heteroatoms. The molecule has 0 aromatic heterocycles. The first kappa shape index (κ1) is 15.0. The van der Waals surface area contributed by atoms with Gasteiger partial charge in [0.25, 0.3) is 0 Å². The van der Waals surface area contributed by atoms with Crippen LogP contribution in [0.4, 0.5) is 0 Å². The molecule has 0 aromatic carbocycles. The Hall–Kier alpha value is -1.10. The maximum Gasteiger partial charge on any atom is 0.242 e. The standard InChI is InChI=1S/C13H25N3O2/c1-9(2)13(5,14)12(18)15-6-7-16(11(4)17)10(3)8-15/h9-10H,6-8,14H2,1-5H3/t10?,13-/m1/s1. The van der Waals surface area contributed by atoms with Gasteiger partial charge in [-0.05, 0) is 19.8 Å². The molecule has 0 bridgehead atoms. The van der Waals surface area contributed by atoms with E-state index in [0.717, 1.165) is 0 Å². The molecule has 1 unspecified atom stereocenters. The third-order valence-electron chi connectivity index (χ3n) is 3.98. The van der Waals surface area contributed by atoms with Crippen molar-refractivity contribution in [2.75, 3.05) is 19.6 Å². The minimum atomic E-state index is -0.835. The average Bonchev–Trinajstić information content (AvgIpc) is 2.26. The van der Waals surface area contributed by atoms with Crippen molar-refractivity contribution in [3.05, 3.63) is 0 Å². The highest BCUT2D eigenvalue weighted by atomic mass is 16.2. The minimum Gasteiger partial charge on any atom is -0.337 e. The van der Waals surface area contributed by atoms with E-state index in [0.29, 0.717) is 19.6 Å². The van der Waals surface area contributed by atoms with Crippen molar-refractivity contribution in [3.8, 4) is 0 Å². The SMILES string of the molecule is CC(=O)N1CCN(C(=O)[C@](C)(N)C(C)C)CC1C. The summed E-state index contributed by atoms with van der Waals surface area (Å²) in [6.45, 7) is 10.9. The van der Waals surface area contributed by atoms with Crippen molar-refractivity contribution < 1.29 is 9.59 Å². The van der Waals surface area contributed by atoms with Crippen LogP contribution < -0.4 is 5.73 Å². The van der Waals surface area contributed by atoms with Crippen LogP contribution in [-0.4, -0.2) is 52.8 Å². The molecular weight excluding hydrogens is 230 g/mol. The van der Waals surface area contributed by atoms with Crippen molar-refractivity contribution in [2.45, 2.75) is 46.2 Å². The first-order valence-electron chi connectivity index (χ1n) is 6.53. The number of nitrogens with two attached hydrogens (primary N) is 1. The molecule has 1 heterocycles. The van der Waals surface area contributed by atoms with Crippen LogP contribution in [0.3, 0.4) is 0 Å². The summed E-state index contributed by atoms with van der Waals surface area (Å²) in [6, 6.07) is 0.0585. The topological polar surface area (TPSA) is 66.6 Å². The maximum atomic E-state index is 12.4. The molecule has 104 valence electrons. The molecule has 1 rings (SSSR count). The van der Waals surface area contributed by atoms with Gasteiger partial charge in [0.15, 0.2) is 0 Å². The number of hydrogen-bond acceptors (Lipinski definition) is 3. The second-order valence-electron chi connectivity index (χ2n) is 5.75. The van der Waals surface area contributed by atoms with Crippen molar-refractivity contribution in [2.24, 2.45) is 11.7 Å². The Labute approximate surface area is 109 Å². The summed E-state index contributed by atoms with van der Waals surface area (Å²) in [6.07, 6.45) is 0. The van der Waals surface area contributed by atoms with Gasteiger partial charge < -0.3 is 15.5 Å². The number of piperazine rings is 1. The van der Waals surface area contributed by atoms with E-state index >= 15 is 0 Å². The Morgan fingerprint density at radius 2 is 1.89 bits per heavy atom. The fraction of sp³-hybridized carbons (Fsp3) is 0.846. The number of nitrogens with zero attached hydrogens (tertiary/aromatic N) is 2. The quantitative estimate of drug-likeness (QED) is 0.778. The Bertz CT molecular complexity index is 339. The van der Waals surface area contributed by atoms with Crippen molar-refractivity contribution >= 4 is 11.8 Å². The largest absolute Gasteiger partial charge is 0.337 e. The minimum absolute atomic E-state index is 0.0208. The lowest BCUT2D eigenvalue weighted by Gasteiger charge is -2.42. The van der Waals surface area contributed by atoms with Gasteiger partial charge in [-0.25, -0.2) is 0 Å². The summed E-state index contributed by atoms with van der Waals surface area (Å²) in [5.74, 6) is 0.132. The molecule has 2 atom stereocenters. The summed E-state index contributed by atoms with van der Waals surface area (Å²) in [5.41, 5.74) is 5.27. The van der Waals surface area contributed by atoms with Gasteiger partial charge in [-0.2, -0.15) is 0 Å². The predicted molar refractivity (Wildman–Crippen MR) is 70.9 cm³/mol. The summed E-state index contributed by atoms with van der Waals surface area (Å²) >= 11 is 0. The third-order valence-corrected chi connectivity index (χ3v) is 3.98. The number of amides is 2. The summed E-state index contributed by atoms with van der Waals surface area (Å²) in [5, 5.41) is 0. The van der Waals surface area contributed by atoms with Crippen LogP contribution in [0.5, 0.6) is 0 Å². The van der Waals surface area contributed by atoms with Gasteiger partial charge in [-0.3, -0.25) is 9.59 Å². The summed E-state index contributed by atoms with van der Waals surface area (Å²) in [7, 11) is 0. The zero-order valence-corrected chi connectivity index (χ0v) is 12.1. The lowest BCUT2D eigenvalue weighted by Crippen LogP contribution is -2.62. The molecule has 5 nitrogen and oxygen atoms in total. The highest BCUT2D eigenvalue weighted by Gasteiger charge is 2.38. The fourth-order valence-corrected chi connectivity index (χ4v) is 2.20. The Balaban J connectivity index is 2.72. The van der Waals surface area contributed by atoms with Crippen LogP contribution in [0.15, 0.2) is 0 Å². The molecule has 1 saturated heterocycles. The van der Waals surface area contributed by atoms with Gasteiger partial charge in [0, 0.05) is 32.6 Å². The fourth-order valence-electron chi connectivity index (χ4n) is 2.20. The molecule has 2 N–H and O–H groups in total. The molecule has 2 amide bonds. The highest BCUT2D eigenvalue weighted by molar-refractivity contribution is 5.86. The van der Waals surface area contributed by atoms with Crippen LogP contribution in [0.1, 0.15) is 34.6 Å². The van der Waals surface area contributed by atoms with Gasteiger partial charge in [0.05, 0.1) is 5.54 Å². The second-order valence-corrected chi connectivity index (χ2v) is 5.75. The van der Waals surface area contributed by atoms with Gasteiger partial charge in [-0.15, -0.1) is 0 Å². The summed E-state index contributed by atoms with van der Waals surface area (Å²) in [4.78, 5) is 27.3. The van der Waals surface area contributed by atoms with Gasteiger partial charge in [-0.1, -0.05) is 13.8 Å². The molecule has 0 spiro atoms. The maximum absolute atomic E-state index is 12.4. The molecule has 0 saturated carbocycles. The van der Waals surface area contributed by atoms with Crippen LogP contribution in [0.25, 0.3) is 0 Å². The van der Waals surface area contributed by atoms with Crippen molar-refractivity contribution in [1.82, 2.24) is 9.80 Å². The molecule has 0 aliphatic carbocycles. The van der Waals surface area contributed by atoms with E-state index in [9.17, 15) is 9.59 Å². The zero-order valence-electron chi connectivity index (χ0n) is 12.1. The molecule has 1 aliphatic rings. The number of rotatable bonds is 2. The van der Waals surface area contributed by atoms with Gasteiger partial charge >= 0.3 is 0 Å². The van der Waals surface area contributed by atoms with E-state index in [-0.39, 0.29) is 23.8 Å². The molecule has 18 heavy (non-hydrogen) atoms. The van der Waals surface area contributed by atoms with Crippen LogP contribution >= 0.6 is 0 Å². The molecule has 1 aliphatic heterocycles. The van der Waals surface area contributed by atoms with Gasteiger partial charge in [0.1, 0.15) is 0 Å². The third kappa shape index (κ3) is 2.83. The molecule has 0 aromatic rings. The Kier molecular flexibility index (Phi) is 4.37.